The molecule has 1 aliphatic rings. The lowest BCUT2D eigenvalue weighted by Gasteiger charge is -2.27. The summed E-state index contributed by atoms with van der Waals surface area (Å²) < 4.78 is 43.9. The normalized spacial score (nSPS) is 23.0. The Labute approximate surface area is 125 Å². The molecule has 0 amide bonds. The van der Waals surface area contributed by atoms with Gasteiger partial charge in [0.05, 0.1) is 11.3 Å². The largest absolute Gasteiger partial charge is 0.480 e. The van der Waals surface area contributed by atoms with Crippen molar-refractivity contribution in [3.8, 4) is 5.75 Å². The van der Waals surface area contributed by atoms with Gasteiger partial charge >= 0.3 is 6.18 Å². The second-order valence-electron chi connectivity index (χ2n) is 4.90. The van der Waals surface area contributed by atoms with Gasteiger partial charge in [-0.3, -0.25) is 4.99 Å². The molecule has 0 spiro atoms. The fraction of sp³-hybridized carbons (Fsp3) is 0.429. The first-order valence-corrected chi connectivity index (χ1v) is 6.74. The van der Waals surface area contributed by atoms with Crippen LogP contribution in [-0.2, 0) is 6.18 Å². The highest BCUT2D eigenvalue weighted by molar-refractivity contribution is 6.04. The van der Waals surface area contributed by atoms with E-state index >= 15 is 0 Å². The minimum absolute atomic E-state index is 0.0905. The van der Waals surface area contributed by atoms with Crippen LogP contribution in [0.4, 0.5) is 19.0 Å². The van der Waals surface area contributed by atoms with E-state index in [4.69, 9.17) is 16.2 Å². The SMILES string of the molecule is CN=C1C(=CN)CCCC1Oc1cc(C(F)(F)F)cnc1N. The molecule has 1 saturated carbocycles. The summed E-state index contributed by atoms with van der Waals surface area (Å²) in [6.07, 6.45) is -0.663. The van der Waals surface area contributed by atoms with Gasteiger partial charge in [-0.2, -0.15) is 13.2 Å². The fourth-order valence-electron chi connectivity index (χ4n) is 2.38. The number of aromatic nitrogens is 1. The molecule has 2 rings (SSSR count). The lowest BCUT2D eigenvalue weighted by molar-refractivity contribution is -0.137. The van der Waals surface area contributed by atoms with E-state index in [1.165, 1.54) is 6.20 Å². The average molecular weight is 314 g/mol. The second kappa shape index (κ2) is 6.25. The van der Waals surface area contributed by atoms with Gasteiger partial charge in [0.1, 0.15) is 6.10 Å². The molecule has 1 aliphatic carbocycles. The van der Waals surface area contributed by atoms with Crippen molar-refractivity contribution in [3.63, 3.8) is 0 Å². The van der Waals surface area contributed by atoms with Crippen LogP contribution >= 0.6 is 0 Å². The summed E-state index contributed by atoms with van der Waals surface area (Å²) in [6, 6.07) is 0.857. The van der Waals surface area contributed by atoms with Crippen LogP contribution in [0, 0.1) is 0 Å². The zero-order chi connectivity index (χ0) is 16.3. The molecule has 1 fully saturated rings. The van der Waals surface area contributed by atoms with Gasteiger partial charge in [-0.1, -0.05) is 0 Å². The van der Waals surface area contributed by atoms with Crippen LogP contribution in [0.3, 0.4) is 0 Å². The van der Waals surface area contributed by atoms with Gasteiger partial charge in [-0.05, 0) is 37.1 Å². The van der Waals surface area contributed by atoms with E-state index in [1.54, 1.807) is 7.05 Å². The predicted octanol–water partition coefficient (Wildman–Crippen LogP) is 2.53. The van der Waals surface area contributed by atoms with Crippen LogP contribution in [0.2, 0.25) is 0 Å². The zero-order valence-electron chi connectivity index (χ0n) is 12.0. The van der Waals surface area contributed by atoms with Crippen molar-refractivity contribution in [3.05, 3.63) is 29.6 Å². The first kappa shape index (κ1) is 16.1. The van der Waals surface area contributed by atoms with E-state index in [2.05, 4.69) is 9.98 Å². The van der Waals surface area contributed by atoms with Crippen molar-refractivity contribution >= 4 is 11.5 Å². The van der Waals surface area contributed by atoms with Crippen LogP contribution in [0.5, 0.6) is 5.75 Å². The Morgan fingerprint density at radius 3 is 2.77 bits per heavy atom. The number of alkyl halides is 3. The van der Waals surface area contributed by atoms with Crippen molar-refractivity contribution < 1.29 is 17.9 Å². The van der Waals surface area contributed by atoms with Crippen LogP contribution in [0.25, 0.3) is 0 Å². The van der Waals surface area contributed by atoms with Gasteiger partial charge in [-0.25, -0.2) is 4.98 Å². The number of nitrogens with zero attached hydrogens (tertiary/aromatic N) is 2. The van der Waals surface area contributed by atoms with Crippen molar-refractivity contribution in [2.75, 3.05) is 12.8 Å². The number of ether oxygens (including phenoxy) is 1. The molecule has 0 radical (unpaired) electrons. The molecule has 0 aromatic carbocycles. The van der Waals surface area contributed by atoms with Crippen LogP contribution in [0.1, 0.15) is 24.8 Å². The van der Waals surface area contributed by atoms with Crippen LogP contribution < -0.4 is 16.2 Å². The van der Waals surface area contributed by atoms with E-state index in [-0.39, 0.29) is 11.6 Å². The maximum absolute atomic E-state index is 12.8. The Balaban J connectivity index is 2.30. The van der Waals surface area contributed by atoms with Gasteiger partial charge in [0.2, 0.25) is 0 Å². The highest BCUT2D eigenvalue weighted by Gasteiger charge is 2.33. The van der Waals surface area contributed by atoms with Gasteiger partial charge in [0.25, 0.3) is 0 Å². The minimum Gasteiger partial charge on any atom is -0.480 e. The number of nitrogens with two attached hydrogens (primary N) is 2. The zero-order valence-corrected chi connectivity index (χ0v) is 12.0. The monoisotopic (exact) mass is 314 g/mol. The highest BCUT2D eigenvalue weighted by atomic mass is 19.4. The Morgan fingerprint density at radius 2 is 2.18 bits per heavy atom. The Hall–Kier alpha value is -2.25. The van der Waals surface area contributed by atoms with Gasteiger partial charge in [0.15, 0.2) is 11.6 Å². The number of hydrogen-bond acceptors (Lipinski definition) is 5. The van der Waals surface area contributed by atoms with Gasteiger partial charge < -0.3 is 16.2 Å². The molecule has 1 heterocycles. The minimum atomic E-state index is -4.50. The quantitative estimate of drug-likeness (QED) is 0.878. The van der Waals surface area contributed by atoms with E-state index in [9.17, 15) is 13.2 Å². The van der Waals surface area contributed by atoms with Crippen LogP contribution in [-0.4, -0.2) is 23.8 Å². The highest BCUT2D eigenvalue weighted by Crippen LogP contribution is 2.34. The summed E-state index contributed by atoms with van der Waals surface area (Å²) in [7, 11) is 1.59. The maximum atomic E-state index is 12.8. The first-order valence-electron chi connectivity index (χ1n) is 6.74. The van der Waals surface area contributed by atoms with Crippen molar-refractivity contribution in [1.29, 1.82) is 0 Å². The van der Waals surface area contributed by atoms with E-state index < -0.39 is 17.8 Å². The van der Waals surface area contributed by atoms with Crippen molar-refractivity contribution in [1.82, 2.24) is 4.98 Å². The summed E-state index contributed by atoms with van der Waals surface area (Å²) in [5.74, 6) is -0.188. The smallest absolute Gasteiger partial charge is 0.418 e. The number of hydrogen-bond donors (Lipinski definition) is 2. The number of rotatable bonds is 2. The molecule has 120 valence electrons. The number of aliphatic imine (C=N–C) groups is 1. The molecule has 4 N–H and O–H groups in total. The predicted molar refractivity (Wildman–Crippen MR) is 77.5 cm³/mol. The lowest BCUT2D eigenvalue weighted by Crippen LogP contribution is -2.33. The molecule has 1 atom stereocenters. The van der Waals surface area contributed by atoms with E-state index in [0.29, 0.717) is 18.3 Å². The first-order chi connectivity index (χ1) is 10.4. The number of nitrogen functional groups attached to an aromatic ring is 1. The summed E-state index contributed by atoms with van der Waals surface area (Å²) in [6.45, 7) is 0. The molecule has 22 heavy (non-hydrogen) atoms. The average Bonchev–Trinajstić information content (AvgIpc) is 2.48. The molecule has 5 nitrogen and oxygen atoms in total. The molecule has 0 bridgehead atoms. The van der Waals surface area contributed by atoms with E-state index in [0.717, 1.165) is 24.5 Å². The van der Waals surface area contributed by atoms with E-state index in [1.807, 2.05) is 0 Å². The number of pyridine rings is 1. The Kier molecular flexibility index (Phi) is 4.58. The third kappa shape index (κ3) is 3.32. The molecular weight excluding hydrogens is 297 g/mol. The van der Waals surface area contributed by atoms with Gasteiger partial charge in [0, 0.05) is 13.2 Å². The topological polar surface area (TPSA) is 86.5 Å². The third-order valence-electron chi connectivity index (χ3n) is 3.47. The standard InChI is InChI=1S/C14H17F3N4O/c1-20-12-8(6-18)3-2-4-10(12)22-11-5-9(14(15,16)17)7-21-13(11)19/h5-7,10H,2-4,18H2,1H3,(H2,19,21). The number of anilines is 1. The molecule has 0 saturated heterocycles. The molecular formula is C14H17F3N4O. The summed E-state index contributed by atoms with van der Waals surface area (Å²) in [5, 5.41) is 0. The van der Waals surface area contributed by atoms with Gasteiger partial charge in [-0.15, -0.1) is 0 Å². The lowest BCUT2D eigenvalue weighted by atomic mass is 9.90. The number of halogens is 3. The molecule has 0 aliphatic heterocycles. The fourth-order valence-corrected chi connectivity index (χ4v) is 2.38. The Morgan fingerprint density at radius 1 is 1.45 bits per heavy atom. The Bertz CT molecular complexity index is 611. The molecule has 1 aromatic heterocycles. The summed E-state index contributed by atoms with van der Waals surface area (Å²) >= 11 is 0. The summed E-state index contributed by atoms with van der Waals surface area (Å²) in [5.41, 5.74) is 11.7. The molecule has 8 heteroatoms. The van der Waals surface area contributed by atoms with Crippen molar-refractivity contribution in [2.24, 2.45) is 10.7 Å². The maximum Gasteiger partial charge on any atom is 0.418 e. The van der Waals surface area contributed by atoms with Crippen molar-refractivity contribution in [2.45, 2.75) is 31.5 Å². The third-order valence-corrected chi connectivity index (χ3v) is 3.47. The molecule has 1 aromatic rings. The molecule has 1 unspecified atom stereocenters. The second-order valence-corrected chi connectivity index (χ2v) is 4.90. The summed E-state index contributed by atoms with van der Waals surface area (Å²) in [4.78, 5) is 7.69. The van der Waals surface area contributed by atoms with Crippen LogP contribution in [0.15, 0.2) is 29.0 Å².